The van der Waals surface area contributed by atoms with Crippen molar-refractivity contribution in [1.29, 1.82) is 0 Å². The van der Waals surface area contributed by atoms with Crippen LogP contribution in [0.1, 0.15) is 51.1 Å². The molecule has 0 saturated carbocycles. The fraction of sp³-hybridized carbons (Fsp3) is 0.600. The van der Waals surface area contributed by atoms with E-state index in [1.165, 1.54) is 61.9 Å². The van der Waals surface area contributed by atoms with Crippen LogP contribution < -0.4 is 4.74 Å². The first kappa shape index (κ1) is 24.5. The Morgan fingerprint density at radius 2 is 1.87 bits per heavy atom. The van der Waals surface area contributed by atoms with Gasteiger partial charge in [0, 0.05) is 22.5 Å². The summed E-state index contributed by atoms with van der Waals surface area (Å²) in [6, 6.07) is 8.60. The van der Waals surface area contributed by atoms with Gasteiger partial charge < -0.3 is 14.6 Å². The summed E-state index contributed by atoms with van der Waals surface area (Å²) >= 11 is 0. The summed E-state index contributed by atoms with van der Waals surface area (Å²) in [7, 11) is -5.84. The fourth-order valence-electron chi connectivity index (χ4n) is 3.50. The van der Waals surface area contributed by atoms with Crippen molar-refractivity contribution in [2.75, 3.05) is 26.2 Å². The summed E-state index contributed by atoms with van der Waals surface area (Å²) in [4.78, 5) is 6.24. The molecule has 0 unspecified atom stereocenters. The van der Waals surface area contributed by atoms with Crippen LogP contribution in [0.4, 0.5) is 13.2 Å². The summed E-state index contributed by atoms with van der Waals surface area (Å²) in [5.74, 6) is 1.67. The van der Waals surface area contributed by atoms with E-state index in [4.69, 9.17) is 17.7 Å². The molecule has 2 N–H and O–H groups in total. The predicted molar refractivity (Wildman–Crippen MR) is 110 cm³/mol. The van der Waals surface area contributed by atoms with Gasteiger partial charge in [-0.1, -0.05) is 19.4 Å². The number of aromatic amines is 1. The third kappa shape index (κ3) is 6.61. The number of likely N-dealkylation sites (tertiary alicyclic amines) is 1. The number of alkyl halides is 3. The minimum atomic E-state index is -5.84. The molecular weight excluding hydrogens is 421 g/mol. The van der Waals surface area contributed by atoms with Gasteiger partial charge in [-0.05, 0) is 64.0 Å². The highest BCUT2D eigenvalue weighted by atomic mass is 32.2. The van der Waals surface area contributed by atoms with Crippen LogP contribution in [0, 0.1) is 0 Å². The predicted octanol–water partition coefficient (Wildman–Crippen LogP) is 4.94. The van der Waals surface area contributed by atoms with Crippen LogP contribution >= 0.6 is 0 Å². The molecule has 0 atom stereocenters. The number of nitrogens with zero attached hydrogens (tertiary/aromatic N) is 1. The highest BCUT2D eigenvalue weighted by Crippen LogP contribution is 2.33. The molecule has 1 aliphatic heterocycles. The summed E-state index contributed by atoms with van der Waals surface area (Å²) < 4.78 is 63.3. The van der Waals surface area contributed by atoms with Gasteiger partial charge in [0.05, 0.1) is 6.61 Å². The van der Waals surface area contributed by atoms with Gasteiger partial charge >= 0.3 is 15.6 Å². The lowest BCUT2D eigenvalue weighted by Crippen LogP contribution is -2.33. The third-order valence-corrected chi connectivity index (χ3v) is 5.68. The van der Waals surface area contributed by atoms with Crippen molar-refractivity contribution in [3.63, 3.8) is 0 Å². The highest BCUT2D eigenvalue weighted by Gasteiger charge is 2.44. The van der Waals surface area contributed by atoms with E-state index in [1.54, 1.807) is 0 Å². The number of piperidine rings is 1. The number of aromatic nitrogens is 1. The zero-order valence-electron chi connectivity index (χ0n) is 17.2. The molecule has 170 valence electrons. The molecule has 30 heavy (non-hydrogen) atoms. The second-order valence-electron chi connectivity index (χ2n) is 7.27. The molecule has 3 rings (SSSR count). The first-order chi connectivity index (χ1) is 14.1. The highest BCUT2D eigenvalue weighted by molar-refractivity contribution is 7.86. The minimum absolute atomic E-state index is 0.666. The molecule has 0 aliphatic carbocycles. The van der Waals surface area contributed by atoms with Crippen molar-refractivity contribution < 1.29 is 30.9 Å². The zero-order valence-corrected chi connectivity index (χ0v) is 18.0. The maximum absolute atomic E-state index is 10.7. The van der Waals surface area contributed by atoms with E-state index in [1.807, 2.05) is 6.92 Å². The van der Waals surface area contributed by atoms with E-state index in [0.29, 0.717) is 5.92 Å². The lowest BCUT2D eigenvalue weighted by Gasteiger charge is -2.31. The molecule has 2 heterocycles. The number of H-pyrrole nitrogens is 1. The smallest absolute Gasteiger partial charge is 0.493 e. The molecule has 1 aliphatic rings. The van der Waals surface area contributed by atoms with Crippen molar-refractivity contribution in [2.45, 2.75) is 51.0 Å². The molecule has 1 aromatic heterocycles. The third-order valence-electron chi connectivity index (χ3n) is 5.09. The number of fused-ring (bicyclic) bond motifs is 1. The molecule has 10 heteroatoms. The monoisotopic (exact) mass is 450 g/mol. The molecule has 1 aromatic carbocycles. The van der Waals surface area contributed by atoms with E-state index in [-0.39, 0.29) is 0 Å². The number of unbranched alkanes of at least 4 members (excludes halogenated alkanes) is 1. The maximum atomic E-state index is 10.7. The minimum Gasteiger partial charge on any atom is -0.493 e. The standard InChI is InChI=1S/C19H28N2O.CHF3O3S/c1-3-5-11-21-12-9-15(10-13-21)18-14-16-17(20-18)7-6-8-19(16)22-4-2;2-1(3,4)8(5,6)7/h6-8,14-15,20H,3-5,9-13H2,1-2H3;(H,5,6,7). The number of hydrogen-bond donors (Lipinski definition) is 2. The Labute approximate surface area is 175 Å². The van der Waals surface area contributed by atoms with Crippen molar-refractivity contribution in [3.05, 3.63) is 30.0 Å². The summed E-state index contributed by atoms with van der Waals surface area (Å²) in [6.45, 7) is 8.77. The lowest BCUT2D eigenvalue weighted by molar-refractivity contribution is -0.0510. The van der Waals surface area contributed by atoms with Gasteiger partial charge in [-0.2, -0.15) is 21.6 Å². The molecule has 6 nitrogen and oxygen atoms in total. The number of ether oxygens (including phenoxy) is 1. The average Bonchev–Trinajstić information content (AvgIpc) is 3.11. The molecular formula is C20H29F3N2O4S. The molecule has 2 aromatic rings. The van der Waals surface area contributed by atoms with Crippen molar-refractivity contribution in [1.82, 2.24) is 9.88 Å². The van der Waals surface area contributed by atoms with Gasteiger partial charge in [0.25, 0.3) is 0 Å². The lowest BCUT2D eigenvalue weighted by atomic mass is 9.93. The first-order valence-corrected chi connectivity index (χ1v) is 11.5. The Morgan fingerprint density at radius 3 is 2.40 bits per heavy atom. The maximum Gasteiger partial charge on any atom is 0.522 e. The number of rotatable bonds is 6. The van der Waals surface area contributed by atoms with Gasteiger partial charge in [0.1, 0.15) is 5.75 Å². The van der Waals surface area contributed by atoms with Crippen LogP contribution in [0.15, 0.2) is 24.3 Å². The molecule has 1 fully saturated rings. The van der Waals surface area contributed by atoms with Crippen LogP contribution in [0.2, 0.25) is 0 Å². The fourth-order valence-corrected chi connectivity index (χ4v) is 3.50. The van der Waals surface area contributed by atoms with E-state index in [9.17, 15) is 13.2 Å². The topological polar surface area (TPSA) is 82.6 Å². The summed E-state index contributed by atoms with van der Waals surface area (Å²) in [5.41, 5.74) is -2.95. The van der Waals surface area contributed by atoms with Crippen LogP contribution in [0.25, 0.3) is 10.9 Å². The van der Waals surface area contributed by atoms with E-state index in [0.717, 1.165) is 12.4 Å². The Balaban J connectivity index is 0.000000343. The first-order valence-electron chi connectivity index (χ1n) is 10.1. The number of hydrogen-bond acceptors (Lipinski definition) is 4. The Hall–Kier alpha value is -1.78. The van der Waals surface area contributed by atoms with E-state index < -0.39 is 15.6 Å². The molecule has 0 radical (unpaired) electrons. The SMILES string of the molecule is CCCCN1CCC(c2cc3c(OCC)cccc3[nH]2)CC1.O=S(=O)(O)C(F)(F)F. The van der Waals surface area contributed by atoms with Crippen LogP contribution in [0.5, 0.6) is 5.75 Å². The molecule has 0 spiro atoms. The van der Waals surface area contributed by atoms with Gasteiger partial charge in [-0.3, -0.25) is 4.55 Å². The second-order valence-corrected chi connectivity index (χ2v) is 8.68. The van der Waals surface area contributed by atoms with Gasteiger partial charge in [-0.25, -0.2) is 0 Å². The zero-order chi connectivity index (χ0) is 22.4. The largest absolute Gasteiger partial charge is 0.522 e. The number of halogens is 3. The Morgan fingerprint density at radius 1 is 1.23 bits per heavy atom. The number of benzene rings is 1. The molecule has 0 bridgehead atoms. The van der Waals surface area contributed by atoms with Gasteiger partial charge in [-0.15, -0.1) is 0 Å². The van der Waals surface area contributed by atoms with Crippen LogP contribution in [-0.2, 0) is 10.1 Å². The van der Waals surface area contributed by atoms with Crippen molar-refractivity contribution >= 4 is 21.0 Å². The van der Waals surface area contributed by atoms with Crippen molar-refractivity contribution in [2.24, 2.45) is 0 Å². The quantitative estimate of drug-likeness (QED) is 0.481. The van der Waals surface area contributed by atoms with Gasteiger partial charge in [0.2, 0.25) is 0 Å². The van der Waals surface area contributed by atoms with Crippen LogP contribution in [-0.4, -0.2) is 54.6 Å². The Bertz CT molecular complexity index is 904. The van der Waals surface area contributed by atoms with Gasteiger partial charge in [0.15, 0.2) is 0 Å². The van der Waals surface area contributed by atoms with E-state index >= 15 is 0 Å². The second kappa shape index (κ2) is 10.5. The summed E-state index contributed by atoms with van der Waals surface area (Å²) in [6.07, 6.45) is 5.15. The summed E-state index contributed by atoms with van der Waals surface area (Å²) in [5, 5.41) is 1.23. The molecule has 0 amide bonds. The Kier molecular flexibility index (Phi) is 8.57. The number of nitrogens with one attached hydrogen (secondary N) is 1. The average molecular weight is 451 g/mol. The van der Waals surface area contributed by atoms with E-state index in [2.05, 4.69) is 41.1 Å². The van der Waals surface area contributed by atoms with Crippen LogP contribution in [0.3, 0.4) is 0 Å². The van der Waals surface area contributed by atoms with Crippen molar-refractivity contribution in [3.8, 4) is 5.75 Å². The normalized spacial score (nSPS) is 16.3. The molecule has 1 saturated heterocycles.